The standard InChI is InChI=1S/C15H11F3N4O2/c1-20-14(24)11(8-19)13(23)9-3-2-4-10(7-9)22-6-5-12(21-22)15(16,17)18/h2-7,11H,1H3,(H,20,24)/t11-/m1/s1. The molecule has 6 nitrogen and oxygen atoms in total. The third kappa shape index (κ3) is 3.43. The summed E-state index contributed by atoms with van der Waals surface area (Å²) in [5.74, 6) is -3.04. The van der Waals surface area contributed by atoms with E-state index < -0.39 is 29.5 Å². The van der Waals surface area contributed by atoms with Crippen molar-refractivity contribution in [3.63, 3.8) is 0 Å². The minimum absolute atomic E-state index is 0.0201. The molecule has 0 aliphatic rings. The lowest BCUT2D eigenvalue weighted by molar-refractivity contribution is -0.141. The fourth-order valence-corrected chi connectivity index (χ4v) is 1.97. The number of hydrogen-bond donors (Lipinski definition) is 1. The average Bonchev–Trinajstić information content (AvgIpc) is 3.05. The summed E-state index contributed by atoms with van der Waals surface area (Å²) in [7, 11) is 1.29. The Balaban J connectivity index is 2.36. The third-order valence-corrected chi connectivity index (χ3v) is 3.17. The van der Waals surface area contributed by atoms with Gasteiger partial charge in [0.1, 0.15) is 0 Å². The first kappa shape index (κ1) is 17.2. The zero-order chi connectivity index (χ0) is 17.9. The molecule has 1 N–H and O–H groups in total. The maximum atomic E-state index is 12.6. The first-order chi connectivity index (χ1) is 11.3. The summed E-state index contributed by atoms with van der Waals surface area (Å²) in [4.78, 5) is 23.8. The second-order valence-electron chi connectivity index (χ2n) is 4.73. The van der Waals surface area contributed by atoms with Crippen LogP contribution in [0.15, 0.2) is 36.5 Å². The number of nitrogens with zero attached hydrogens (tertiary/aromatic N) is 3. The fraction of sp³-hybridized carbons (Fsp3) is 0.200. The van der Waals surface area contributed by atoms with E-state index in [4.69, 9.17) is 5.26 Å². The Kier molecular flexibility index (Phi) is 4.69. The van der Waals surface area contributed by atoms with E-state index >= 15 is 0 Å². The van der Waals surface area contributed by atoms with E-state index in [0.29, 0.717) is 0 Å². The van der Waals surface area contributed by atoms with Gasteiger partial charge in [-0.3, -0.25) is 9.59 Å². The molecule has 1 aromatic heterocycles. The highest BCUT2D eigenvalue weighted by molar-refractivity contribution is 6.12. The van der Waals surface area contributed by atoms with Crippen molar-refractivity contribution in [1.82, 2.24) is 15.1 Å². The quantitative estimate of drug-likeness (QED) is 0.683. The molecular weight excluding hydrogens is 325 g/mol. The largest absolute Gasteiger partial charge is 0.435 e. The minimum atomic E-state index is -4.58. The van der Waals surface area contributed by atoms with E-state index in [2.05, 4.69) is 10.4 Å². The number of aromatic nitrogens is 2. The second-order valence-corrected chi connectivity index (χ2v) is 4.73. The number of Topliss-reactive ketones (excluding diaryl/α,β-unsaturated/α-hetero) is 1. The summed E-state index contributed by atoms with van der Waals surface area (Å²) in [6.45, 7) is 0. The number of amides is 1. The minimum Gasteiger partial charge on any atom is -0.358 e. The lowest BCUT2D eigenvalue weighted by atomic mass is 9.98. The van der Waals surface area contributed by atoms with Gasteiger partial charge in [-0.25, -0.2) is 4.68 Å². The number of nitriles is 1. The van der Waals surface area contributed by atoms with Crippen LogP contribution < -0.4 is 5.32 Å². The molecule has 0 fully saturated rings. The van der Waals surface area contributed by atoms with Crippen molar-refractivity contribution in [1.29, 1.82) is 5.26 Å². The van der Waals surface area contributed by atoms with Gasteiger partial charge in [-0.2, -0.15) is 23.5 Å². The van der Waals surface area contributed by atoms with E-state index in [1.54, 1.807) is 6.07 Å². The van der Waals surface area contributed by atoms with Crippen LogP contribution >= 0.6 is 0 Å². The Morgan fingerprint density at radius 1 is 1.33 bits per heavy atom. The van der Waals surface area contributed by atoms with Gasteiger partial charge in [-0.15, -0.1) is 0 Å². The van der Waals surface area contributed by atoms with Crippen LogP contribution in [0, 0.1) is 17.2 Å². The second kappa shape index (κ2) is 6.54. The lowest BCUT2D eigenvalue weighted by Crippen LogP contribution is -2.32. The summed E-state index contributed by atoms with van der Waals surface area (Å²) < 4.78 is 38.7. The molecule has 0 radical (unpaired) electrons. The molecular formula is C15H11F3N4O2. The predicted molar refractivity (Wildman–Crippen MR) is 76.1 cm³/mol. The van der Waals surface area contributed by atoms with Gasteiger partial charge in [0.2, 0.25) is 5.91 Å². The average molecular weight is 336 g/mol. The maximum Gasteiger partial charge on any atom is 0.435 e. The SMILES string of the molecule is CNC(=O)[C@H](C#N)C(=O)c1cccc(-n2ccc(C(F)(F)F)n2)c1. The van der Waals surface area contributed by atoms with Gasteiger partial charge in [0.05, 0.1) is 11.8 Å². The number of carbonyl (C=O) groups excluding carboxylic acids is 2. The van der Waals surface area contributed by atoms with Crippen molar-refractivity contribution in [2.24, 2.45) is 5.92 Å². The lowest BCUT2D eigenvalue weighted by Gasteiger charge is -2.08. The van der Waals surface area contributed by atoms with Gasteiger partial charge in [0.15, 0.2) is 17.4 Å². The normalized spacial score (nSPS) is 12.3. The molecule has 1 heterocycles. The molecule has 9 heteroatoms. The van der Waals surface area contributed by atoms with E-state index in [9.17, 15) is 22.8 Å². The smallest absolute Gasteiger partial charge is 0.358 e. The topological polar surface area (TPSA) is 87.8 Å². The van der Waals surface area contributed by atoms with Crippen LogP contribution in [0.1, 0.15) is 16.1 Å². The molecule has 0 aliphatic heterocycles. The number of hydrogen-bond acceptors (Lipinski definition) is 4. The van der Waals surface area contributed by atoms with Gasteiger partial charge < -0.3 is 5.32 Å². The summed E-state index contributed by atoms with van der Waals surface area (Å²) in [6, 6.07) is 7.92. The van der Waals surface area contributed by atoms with Crippen LogP contribution in [0.25, 0.3) is 5.69 Å². The molecule has 1 atom stereocenters. The Bertz CT molecular complexity index is 821. The molecule has 0 unspecified atom stereocenters. The third-order valence-electron chi connectivity index (χ3n) is 3.17. The molecule has 2 rings (SSSR count). The summed E-state index contributed by atoms with van der Waals surface area (Å²) >= 11 is 0. The summed E-state index contributed by atoms with van der Waals surface area (Å²) in [5.41, 5.74) is -0.851. The first-order valence-corrected chi connectivity index (χ1v) is 6.66. The number of rotatable bonds is 4. The first-order valence-electron chi connectivity index (χ1n) is 6.66. The molecule has 2 aromatic rings. The van der Waals surface area contributed by atoms with E-state index in [0.717, 1.165) is 16.9 Å². The van der Waals surface area contributed by atoms with Gasteiger partial charge in [-0.05, 0) is 18.2 Å². The van der Waals surface area contributed by atoms with Gasteiger partial charge >= 0.3 is 6.18 Å². The van der Waals surface area contributed by atoms with Crippen LogP contribution in [0.4, 0.5) is 13.2 Å². The Morgan fingerprint density at radius 3 is 2.58 bits per heavy atom. The van der Waals surface area contributed by atoms with Crippen molar-refractivity contribution < 1.29 is 22.8 Å². The maximum absolute atomic E-state index is 12.6. The Hall–Kier alpha value is -3.15. The van der Waals surface area contributed by atoms with E-state index in [1.165, 1.54) is 31.3 Å². The number of ketones is 1. The summed E-state index contributed by atoms with van der Waals surface area (Å²) in [6.07, 6.45) is -3.48. The van der Waals surface area contributed by atoms with E-state index in [1.807, 2.05) is 0 Å². The highest BCUT2D eigenvalue weighted by Crippen LogP contribution is 2.28. The number of benzene rings is 1. The monoisotopic (exact) mass is 336 g/mol. The van der Waals surface area contributed by atoms with Gasteiger partial charge in [0, 0.05) is 18.8 Å². The Labute approximate surface area is 134 Å². The van der Waals surface area contributed by atoms with Crippen LogP contribution in [-0.4, -0.2) is 28.5 Å². The highest BCUT2D eigenvalue weighted by Gasteiger charge is 2.33. The zero-order valence-electron chi connectivity index (χ0n) is 12.3. The van der Waals surface area contributed by atoms with Crippen LogP contribution in [-0.2, 0) is 11.0 Å². The number of carbonyl (C=O) groups is 2. The number of alkyl halides is 3. The van der Waals surface area contributed by atoms with Crippen molar-refractivity contribution >= 4 is 11.7 Å². The van der Waals surface area contributed by atoms with Crippen LogP contribution in [0.5, 0.6) is 0 Å². The molecule has 0 saturated heterocycles. The number of nitrogens with one attached hydrogen (secondary N) is 1. The fourth-order valence-electron chi connectivity index (χ4n) is 1.97. The predicted octanol–water partition coefficient (Wildman–Crippen LogP) is 1.96. The van der Waals surface area contributed by atoms with Crippen LogP contribution in [0.3, 0.4) is 0 Å². The molecule has 24 heavy (non-hydrogen) atoms. The van der Waals surface area contributed by atoms with Crippen molar-refractivity contribution in [3.8, 4) is 11.8 Å². The summed E-state index contributed by atoms with van der Waals surface area (Å²) in [5, 5.41) is 14.6. The Morgan fingerprint density at radius 2 is 2.04 bits per heavy atom. The molecule has 124 valence electrons. The molecule has 0 spiro atoms. The molecule has 0 aliphatic carbocycles. The van der Waals surface area contributed by atoms with E-state index in [-0.39, 0.29) is 11.3 Å². The highest BCUT2D eigenvalue weighted by atomic mass is 19.4. The van der Waals surface area contributed by atoms with Crippen LogP contribution in [0.2, 0.25) is 0 Å². The van der Waals surface area contributed by atoms with Crippen molar-refractivity contribution in [2.45, 2.75) is 6.18 Å². The molecule has 0 bridgehead atoms. The van der Waals surface area contributed by atoms with Crippen molar-refractivity contribution in [3.05, 3.63) is 47.8 Å². The van der Waals surface area contributed by atoms with Gasteiger partial charge in [0.25, 0.3) is 0 Å². The molecule has 1 aromatic carbocycles. The number of halogens is 3. The zero-order valence-corrected chi connectivity index (χ0v) is 12.3. The van der Waals surface area contributed by atoms with Crippen molar-refractivity contribution in [2.75, 3.05) is 7.05 Å². The molecule has 1 amide bonds. The molecule has 0 saturated carbocycles. The van der Waals surface area contributed by atoms with Gasteiger partial charge in [-0.1, -0.05) is 12.1 Å².